The van der Waals surface area contributed by atoms with E-state index in [1.54, 1.807) is 23.0 Å². The van der Waals surface area contributed by atoms with Crippen LogP contribution < -0.4 is 4.90 Å². The lowest BCUT2D eigenvalue weighted by atomic mass is 10.00. The number of carboxylic acid groups (broad SMARTS) is 1. The van der Waals surface area contributed by atoms with Gasteiger partial charge in [-0.1, -0.05) is 93.6 Å². The quantitative estimate of drug-likeness (QED) is 0.0721. The van der Waals surface area contributed by atoms with E-state index in [1.807, 2.05) is 48.5 Å². The van der Waals surface area contributed by atoms with E-state index in [-0.39, 0.29) is 5.76 Å². The van der Waals surface area contributed by atoms with Gasteiger partial charge in [0.05, 0.1) is 6.54 Å². The Morgan fingerprint density at radius 3 is 1.98 bits per heavy atom. The molecule has 6 aromatic rings. The highest BCUT2D eigenvalue weighted by Gasteiger charge is 2.19. The number of benzene rings is 4. The van der Waals surface area contributed by atoms with Gasteiger partial charge in [0.1, 0.15) is 34.2 Å². The van der Waals surface area contributed by atoms with Gasteiger partial charge >= 0.3 is 5.97 Å². The standard InChI is InChI=1S/C40H37N5O3/c1-2-3-4-5-6-13-26-44-42-38-35(23-24-36(39(38)43-44)37-25-22-34(48-37)27-30(28-41)40(46)47)29-18-20-33(21-19-29)45(31-14-9-7-10-15-31)32-16-11-8-12-17-32/h7-12,14-25,27H,2-6,13,26H2,1H3,(H,46,47)/b30-27+. The molecule has 0 aliphatic heterocycles. The van der Waals surface area contributed by atoms with Crippen molar-refractivity contribution in [2.45, 2.75) is 52.0 Å². The first-order chi connectivity index (χ1) is 23.6. The van der Waals surface area contributed by atoms with Crippen LogP contribution >= 0.6 is 0 Å². The van der Waals surface area contributed by atoms with Crippen molar-refractivity contribution in [2.75, 3.05) is 4.90 Å². The van der Waals surface area contributed by atoms with E-state index in [4.69, 9.17) is 14.6 Å². The Kier molecular flexibility index (Phi) is 10.1. The summed E-state index contributed by atoms with van der Waals surface area (Å²) in [6.45, 7) is 2.93. The lowest BCUT2D eigenvalue weighted by Gasteiger charge is -2.25. The molecule has 0 saturated heterocycles. The molecule has 0 atom stereocenters. The van der Waals surface area contributed by atoms with Crippen molar-refractivity contribution in [2.24, 2.45) is 0 Å². The first-order valence-corrected chi connectivity index (χ1v) is 16.4. The van der Waals surface area contributed by atoms with E-state index in [9.17, 15) is 15.2 Å². The molecule has 0 aliphatic carbocycles. The summed E-state index contributed by atoms with van der Waals surface area (Å²) >= 11 is 0. The average Bonchev–Trinajstić information content (AvgIpc) is 3.77. The number of nitriles is 1. The molecule has 0 amide bonds. The van der Waals surface area contributed by atoms with Crippen LogP contribution in [-0.4, -0.2) is 26.1 Å². The average molecular weight is 636 g/mol. The van der Waals surface area contributed by atoms with Crippen molar-refractivity contribution in [1.82, 2.24) is 15.0 Å². The minimum atomic E-state index is -1.30. The summed E-state index contributed by atoms with van der Waals surface area (Å²) in [7, 11) is 0. The van der Waals surface area contributed by atoms with Gasteiger partial charge in [0.15, 0.2) is 0 Å². The van der Waals surface area contributed by atoms with Crippen LogP contribution in [0.25, 0.3) is 39.6 Å². The molecular formula is C40H37N5O3. The normalized spacial score (nSPS) is 11.5. The Morgan fingerprint density at radius 2 is 1.35 bits per heavy atom. The zero-order valence-corrected chi connectivity index (χ0v) is 26.9. The van der Waals surface area contributed by atoms with Gasteiger partial charge in [-0.25, -0.2) is 4.79 Å². The molecule has 0 bridgehead atoms. The van der Waals surface area contributed by atoms with Gasteiger partial charge in [-0.3, -0.25) is 0 Å². The molecule has 0 fully saturated rings. The first kappa shape index (κ1) is 32.0. The van der Waals surface area contributed by atoms with E-state index < -0.39 is 11.5 Å². The number of aliphatic carboxylic acids is 1. The van der Waals surface area contributed by atoms with E-state index in [0.29, 0.717) is 17.8 Å². The smallest absolute Gasteiger partial charge is 0.346 e. The van der Waals surface area contributed by atoms with Gasteiger partial charge in [-0.2, -0.15) is 20.3 Å². The number of carboxylic acids is 1. The fraction of sp³-hybridized carbons (Fsp3) is 0.200. The number of anilines is 3. The summed E-state index contributed by atoms with van der Waals surface area (Å²) in [6.07, 6.45) is 8.25. The third-order valence-corrected chi connectivity index (χ3v) is 8.29. The molecule has 1 N–H and O–H groups in total. The number of para-hydroxylation sites is 2. The van der Waals surface area contributed by atoms with Crippen LogP contribution in [0.4, 0.5) is 17.1 Å². The fourth-order valence-electron chi connectivity index (χ4n) is 5.85. The minimum Gasteiger partial charge on any atom is -0.477 e. The number of furan rings is 1. The molecule has 8 nitrogen and oxygen atoms in total. The maximum atomic E-state index is 11.4. The van der Waals surface area contributed by atoms with Crippen LogP contribution in [0, 0.1) is 11.3 Å². The highest BCUT2D eigenvalue weighted by atomic mass is 16.4. The Labute approximate surface area is 280 Å². The Balaban J connectivity index is 1.36. The van der Waals surface area contributed by atoms with Gasteiger partial charge in [0.2, 0.25) is 0 Å². The molecule has 0 aliphatic rings. The van der Waals surface area contributed by atoms with Gasteiger partial charge < -0.3 is 14.4 Å². The molecule has 8 heteroatoms. The third-order valence-electron chi connectivity index (χ3n) is 8.29. The van der Waals surface area contributed by atoms with Crippen molar-refractivity contribution in [1.29, 1.82) is 5.26 Å². The van der Waals surface area contributed by atoms with Crippen LogP contribution in [-0.2, 0) is 11.3 Å². The summed E-state index contributed by atoms with van der Waals surface area (Å²) in [6, 6.07) is 38.2. The molecule has 0 saturated carbocycles. The van der Waals surface area contributed by atoms with E-state index >= 15 is 0 Å². The summed E-state index contributed by atoms with van der Waals surface area (Å²) < 4.78 is 6.00. The number of carbonyl (C=O) groups is 1. The Morgan fingerprint density at radius 1 is 0.771 bits per heavy atom. The molecular weight excluding hydrogens is 598 g/mol. The van der Waals surface area contributed by atoms with Crippen LogP contribution in [0.5, 0.6) is 0 Å². The fourth-order valence-corrected chi connectivity index (χ4v) is 5.85. The summed E-state index contributed by atoms with van der Waals surface area (Å²) in [5.41, 5.74) is 6.92. The second-order valence-electron chi connectivity index (χ2n) is 11.7. The van der Waals surface area contributed by atoms with E-state index in [2.05, 4.69) is 60.4 Å². The van der Waals surface area contributed by atoms with Crippen molar-refractivity contribution >= 4 is 40.1 Å². The SMILES string of the molecule is CCCCCCCCn1nc2c(-c3ccc(N(c4ccccc4)c4ccccc4)cc3)ccc(-c3ccc(/C=C(\C#N)C(=O)O)o3)c2n1. The first-order valence-electron chi connectivity index (χ1n) is 16.4. The summed E-state index contributed by atoms with van der Waals surface area (Å²) in [5.74, 6) is -0.511. The number of aryl methyl sites for hydroxylation is 1. The number of hydrogen-bond donors (Lipinski definition) is 1. The highest BCUT2D eigenvalue weighted by molar-refractivity contribution is 6.00. The summed E-state index contributed by atoms with van der Waals surface area (Å²) in [4.78, 5) is 15.4. The summed E-state index contributed by atoms with van der Waals surface area (Å²) in [5, 5.41) is 28.4. The van der Waals surface area contributed by atoms with Crippen molar-refractivity contribution < 1.29 is 14.3 Å². The zero-order valence-electron chi connectivity index (χ0n) is 26.9. The second kappa shape index (κ2) is 15.1. The van der Waals surface area contributed by atoms with Crippen molar-refractivity contribution in [3.63, 3.8) is 0 Å². The monoisotopic (exact) mass is 635 g/mol. The predicted molar refractivity (Wildman–Crippen MR) is 190 cm³/mol. The molecule has 0 spiro atoms. The molecule has 0 unspecified atom stereocenters. The third kappa shape index (κ3) is 7.21. The lowest BCUT2D eigenvalue weighted by molar-refractivity contribution is -0.132. The molecule has 2 heterocycles. The maximum absolute atomic E-state index is 11.4. The second-order valence-corrected chi connectivity index (χ2v) is 11.7. The lowest BCUT2D eigenvalue weighted by Crippen LogP contribution is -2.09. The number of aromatic nitrogens is 3. The topological polar surface area (TPSA) is 108 Å². The molecule has 6 rings (SSSR count). The van der Waals surface area contributed by atoms with E-state index in [0.717, 1.165) is 52.1 Å². The number of rotatable bonds is 14. The van der Waals surface area contributed by atoms with Gasteiger partial charge in [-0.15, -0.1) is 0 Å². The van der Waals surface area contributed by atoms with Crippen LogP contribution in [0.1, 0.15) is 51.2 Å². The number of fused-ring (bicyclic) bond motifs is 1. The largest absolute Gasteiger partial charge is 0.477 e. The Bertz CT molecular complexity index is 2020. The van der Waals surface area contributed by atoms with E-state index in [1.165, 1.54) is 31.8 Å². The number of unbranched alkanes of at least 4 members (excludes halogenated alkanes) is 5. The molecule has 4 aromatic carbocycles. The van der Waals surface area contributed by atoms with Gasteiger partial charge in [0, 0.05) is 34.3 Å². The highest BCUT2D eigenvalue weighted by Crippen LogP contribution is 2.38. The Hall–Kier alpha value is -5.94. The van der Waals surface area contributed by atoms with Crippen molar-refractivity contribution in [3.8, 4) is 28.5 Å². The van der Waals surface area contributed by atoms with Crippen molar-refractivity contribution in [3.05, 3.63) is 121 Å². The molecule has 0 radical (unpaired) electrons. The zero-order chi connectivity index (χ0) is 33.3. The maximum Gasteiger partial charge on any atom is 0.346 e. The van der Waals surface area contributed by atoms with Gasteiger partial charge in [-0.05, 0) is 66.6 Å². The van der Waals surface area contributed by atoms with Crippen LogP contribution in [0.2, 0.25) is 0 Å². The van der Waals surface area contributed by atoms with Gasteiger partial charge in [0.25, 0.3) is 0 Å². The molecule has 2 aromatic heterocycles. The molecule has 240 valence electrons. The predicted octanol–water partition coefficient (Wildman–Crippen LogP) is 10.2. The molecule has 48 heavy (non-hydrogen) atoms. The number of nitrogens with zero attached hydrogens (tertiary/aromatic N) is 5. The van der Waals surface area contributed by atoms with Crippen LogP contribution in [0.15, 0.2) is 119 Å². The number of hydrogen-bond acceptors (Lipinski definition) is 6. The minimum absolute atomic E-state index is 0.276. The van der Waals surface area contributed by atoms with Crippen LogP contribution in [0.3, 0.4) is 0 Å².